The number of aromatic carboxylic acids is 1. The van der Waals surface area contributed by atoms with Crippen molar-refractivity contribution in [3.63, 3.8) is 0 Å². The summed E-state index contributed by atoms with van der Waals surface area (Å²) in [4.78, 5) is 12.0. The third-order valence-corrected chi connectivity index (χ3v) is 5.15. The lowest BCUT2D eigenvalue weighted by Gasteiger charge is -2.13. The van der Waals surface area contributed by atoms with Gasteiger partial charge in [0.1, 0.15) is 0 Å². The first-order valence-electron chi connectivity index (χ1n) is 6.28. The van der Waals surface area contributed by atoms with Gasteiger partial charge in [-0.15, -0.1) is 0 Å². The molecule has 0 bridgehead atoms. The lowest BCUT2D eigenvalue weighted by atomic mass is 10.0. The number of carboxylic acids is 1. The Hall–Kier alpha value is -1.16. The highest BCUT2D eigenvalue weighted by Crippen LogP contribution is 2.33. The average molecular weight is 266 g/mol. The fourth-order valence-electron chi connectivity index (χ4n) is 2.20. The summed E-state index contributed by atoms with van der Waals surface area (Å²) in [7, 11) is -1.06. The number of carbonyl (C=O) groups is 1. The molecule has 1 saturated carbocycles. The molecule has 1 N–H and O–H groups in total. The van der Waals surface area contributed by atoms with Gasteiger partial charge in [-0.05, 0) is 49.3 Å². The minimum atomic E-state index is -1.06. The number of carboxylic acid groups (broad SMARTS) is 1. The molecule has 1 atom stereocenters. The number of hydrogen-bond donors (Lipinski definition) is 1. The Morgan fingerprint density at radius 1 is 1.44 bits per heavy atom. The minimum Gasteiger partial charge on any atom is -0.478 e. The topological polar surface area (TPSA) is 54.4 Å². The molecule has 0 heterocycles. The van der Waals surface area contributed by atoms with Crippen LogP contribution in [0.5, 0.6) is 0 Å². The van der Waals surface area contributed by atoms with E-state index in [0.29, 0.717) is 23.7 Å². The average Bonchev–Trinajstić information content (AvgIpc) is 3.11. The second-order valence-electron chi connectivity index (χ2n) is 4.85. The zero-order chi connectivity index (χ0) is 13.3. The molecule has 98 valence electrons. The van der Waals surface area contributed by atoms with Crippen molar-refractivity contribution in [1.82, 2.24) is 0 Å². The first-order valence-corrected chi connectivity index (χ1v) is 7.60. The molecule has 1 aromatic rings. The van der Waals surface area contributed by atoms with Gasteiger partial charge in [0.2, 0.25) is 0 Å². The molecule has 18 heavy (non-hydrogen) atoms. The van der Waals surface area contributed by atoms with Crippen LogP contribution >= 0.6 is 0 Å². The van der Waals surface area contributed by atoms with E-state index >= 15 is 0 Å². The Balaban J connectivity index is 2.45. The van der Waals surface area contributed by atoms with Gasteiger partial charge < -0.3 is 5.11 Å². The Morgan fingerprint density at radius 2 is 2.11 bits per heavy atom. The van der Waals surface area contributed by atoms with Gasteiger partial charge in [0, 0.05) is 10.6 Å². The van der Waals surface area contributed by atoms with Crippen molar-refractivity contribution in [2.75, 3.05) is 5.75 Å². The molecule has 0 spiro atoms. The van der Waals surface area contributed by atoms with Crippen LogP contribution in [0.2, 0.25) is 0 Å². The molecule has 0 unspecified atom stereocenters. The van der Waals surface area contributed by atoms with E-state index in [0.717, 1.165) is 28.9 Å². The second kappa shape index (κ2) is 5.22. The van der Waals surface area contributed by atoms with Gasteiger partial charge in [-0.2, -0.15) is 0 Å². The lowest BCUT2D eigenvalue weighted by Crippen LogP contribution is -2.10. The van der Waals surface area contributed by atoms with E-state index in [2.05, 4.69) is 0 Å². The van der Waals surface area contributed by atoms with Gasteiger partial charge in [-0.1, -0.05) is 13.0 Å². The summed E-state index contributed by atoms with van der Waals surface area (Å²) >= 11 is 0. The van der Waals surface area contributed by atoms with Crippen molar-refractivity contribution >= 4 is 16.8 Å². The van der Waals surface area contributed by atoms with Gasteiger partial charge in [-0.3, -0.25) is 4.21 Å². The van der Waals surface area contributed by atoms with Crippen LogP contribution in [0, 0.1) is 12.8 Å². The quantitative estimate of drug-likeness (QED) is 0.891. The Labute approximate surface area is 110 Å². The van der Waals surface area contributed by atoms with Crippen LogP contribution in [0.25, 0.3) is 0 Å². The smallest absolute Gasteiger partial charge is 0.336 e. The van der Waals surface area contributed by atoms with E-state index in [-0.39, 0.29) is 0 Å². The molecule has 2 rings (SSSR count). The molecule has 3 nitrogen and oxygen atoms in total. The molecule has 1 aliphatic carbocycles. The van der Waals surface area contributed by atoms with Crippen LogP contribution in [-0.2, 0) is 17.2 Å². The standard InChI is InChI=1S/C14H18O3S/c1-3-11-12(14(15)16)7-4-9(2)13(11)18(17)8-10-5-6-10/h4,7,10H,3,5-6,8H2,1-2H3,(H,15,16)/t18-/m1/s1. The van der Waals surface area contributed by atoms with Crippen molar-refractivity contribution in [3.05, 3.63) is 28.8 Å². The molecule has 0 aliphatic heterocycles. The third-order valence-electron chi connectivity index (χ3n) is 3.35. The summed E-state index contributed by atoms with van der Waals surface area (Å²) in [6.07, 6.45) is 2.92. The molecule has 0 amide bonds. The van der Waals surface area contributed by atoms with Gasteiger partial charge in [0.15, 0.2) is 0 Å². The Morgan fingerprint density at radius 3 is 2.61 bits per heavy atom. The molecule has 1 fully saturated rings. The predicted molar refractivity (Wildman–Crippen MR) is 71.5 cm³/mol. The monoisotopic (exact) mass is 266 g/mol. The van der Waals surface area contributed by atoms with Crippen LogP contribution in [0.1, 0.15) is 41.3 Å². The zero-order valence-electron chi connectivity index (χ0n) is 10.7. The van der Waals surface area contributed by atoms with Crippen LogP contribution in [0.3, 0.4) is 0 Å². The van der Waals surface area contributed by atoms with Crippen molar-refractivity contribution in [2.45, 2.75) is 38.0 Å². The second-order valence-corrected chi connectivity index (χ2v) is 6.28. The maximum Gasteiger partial charge on any atom is 0.336 e. The van der Waals surface area contributed by atoms with Gasteiger partial charge in [0.05, 0.1) is 16.4 Å². The summed E-state index contributed by atoms with van der Waals surface area (Å²) in [5, 5.41) is 9.19. The maximum absolute atomic E-state index is 12.4. The van der Waals surface area contributed by atoms with Crippen LogP contribution in [-0.4, -0.2) is 21.0 Å². The summed E-state index contributed by atoms with van der Waals surface area (Å²) < 4.78 is 12.4. The van der Waals surface area contributed by atoms with E-state index in [1.807, 2.05) is 13.8 Å². The molecular weight excluding hydrogens is 248 g/mol. The summed E-state index contributed by atoms with van der Waals surface area (Å²) in [5.41, 5.74) is 1.97. The molecule has 0 aromatic heterocycles. The number of benzene rings is 1. The molecule has 0 saturated heterocycles. The largest absolute Gasteiger partial charge is 0.478 e. The van der Waals surface area contributed by atoms with Gasteiger partial charge >= 0.3 is 5.97 Å². The van der Waals surface area contributed by atoms with E-state index < -0.39 is 16.8 Å². The summed E-state index contributed by atoms with van der Waals surface area (Å²) in [6, 6.07) is 3.39. The van der Waals surface area contributed by atoms with Crippen molar-refractivity contribution in [3.8, 4) is 0 Å². The molecular formula is C14H18O3S. The van der Waals surface area contributed by atoms with E-state index in [9.17, 15) is 14.1 Å². The van der Waals surface area contributed by atoms with Gasteiger partial charge in [-0.25, -0.2) is 4.79 Å². The first kappa shape index (κ1) is 13.3. The predicted octanol–water partition coefficient (Wildman–Crippen LogP) is 2.77. The maximum atomic E-state index is 12.4. The number of hydrogen-bond acceptors (Lipinski definition) is 2. The van der Waals surface area contributed by atoms with E-state index in [1.165, 1.54) is 0 Å². The van der Waals surface area contributed by atoms with Crippen LogP contribution < -0.4 is 0 Å². The zero-order valence-corrected chi connectivity index (χ0v) is 11.5. The van der Waals surface area contributed by atoms with Crippen LogP contribution in [0.15, 0.2) is 17.0 Å². The highest BCUT2D eigenvalue weighted by molar-refractivity contribution is 7.85. The number of aryl methyl sites for hydroxylation is 1. The highest BCUT2D eigenvalue weighted by atomic mass is 32.2. The van der Waals surface area contributed by atoms with Crippen molar-refractivity contribution in [1.29, 1.82) is 0 Å². The van der Waals surface area contributed by atoms with E-state index in [4.69, 9.17) is 0 Å². The Kier molecular flexibility index (Phi) is 3.85. The van der Waals surface area contributed by atoms with Gasteiger partial charge in [0.25, 0.3) is 0 Å². The van der Waals surface area contributed by atoms with Crippen LogP contribution in [0.4, 0.5) is 0 Å². The molecule has 0 radical (unpaired) electrons. The SMILES string of the molecule is CCc1c(C(=O)O)ccc(C)c1[S@](=O)CC1CC1. The third kappa shape index (κ3) is 2.64. The summed E-state index contributed by atoms with van der Waals surface area (Å²) in [6.45, 7) is 3.82. The first-order chi connectivity index (χ1) is 8.54. The fraction of sp³-hybridized carbons (Fsp3) is 0.500. The molecule has 1 aromatic carbocycles. The minimum absolute atomic E-state index is 0.294. The van der Waals surface area contributed by atoms with E-state index in [1.54, 1.807) is 12.1 Å². The molecule has 4 heteroatoms. The molecule has 1 aliphatic rings. The number of rotatable bonds is 5. The summed E-state index contributed by atoms with van der Waals surface area (Å²) in [5.74, 6) is 0.316. The normalized spacial score (nSPS) is 16.6. The highest BCUT2D eigenvalue weighted by Gasteiger charge is 2.27. The van der Waals surface area contributed by atoms with Crippen molar-refractivity contribution < 1.29 is 14.1 Å². The fourth-order valence-corrected chi connectivity index (χ4v) is 4.08. The van der Waals surface area contributed by atoms with Crippen molar-refractivity contribution in [2.24, 2.45) is 5.92 Å². The Bertz CT molecular complexity index is 504. The lowest BCUT2D eigenvalue weighted by molar-refractivity contribution is 0.0695.